The van der Waals surface area contributed by atoms with Crippen LogP contribution in [0.5, 0.6) is 0 Å². The zero-order chi connectivity index (χ0) is 5.40. The fourth-order valence-electron chi connectivity index (χ4n) is 0.968. The second-order valence-corrected chi connectivity index (χ2v) is 1.99. The zero-order valence-electron chi connectivity index (χ0n) is 4.50. The van der Waals surface area contributed by atoms with Crippen molar-refractivity contribution in [2.75, 3.05) is 13.2 Å². The van der Waals surface area contributed by atoms with Crippen molar-refractivity contribution >= 4 is 0 Å². The Hall–Kier alpha value is -0.120. The van der Waals surface area contributed by atoms with E-state index in [0.29, 0.717) is 6.61 Å². The van der Waals surface area contributed by atoms with Crippen molar-refractivity contribution in [1.29, 1.82) is 0 Å². The van der Waals surface area contributed by atoms with E-state index in [9.17, 15) is 0 Å². The van der Waals surface area contributed by atoms with Crippen LogP contribution < -0.4 is 0 Å². The largest absolute Gasteiger partial charge is 0.350 e. The van der Waals surface area contributed by atoms with Crippen LogP contribution in [0.1, 0.15) is 6.42 Å². The Labute approximate surface area is 47.5 Å². The molecule has 2 saturated heterocycles. The van der Waals surface area contributed by atoms with Crippen LogP contribution in [0.25, 0.3) is 0 Å². The molecule has 0 aromatic carbocycles. The maximum Gasteiger partial charge on any atom is 0.184 e. The molecular weight excluding hydrogens is 108 g/mol. The van der Waals surface area contributed by atoms with Gasteiger partial charge in [-0.15, -0.1) is 0 Å². The molecule has 3 heteroatoms. The Morgan fingerprint density at radius 1 is 1.12 bits per heavy atom. The van der Waals surface area contributed by atoms with Gasteiger partial charge < -0.3 is 14.2 Å². The molecule has 2 bridgehead atoms. The number of hydrogen-bond donors (Lipinski definition) is 0. The van der Waals surface area contributed by atoms with Crippen LogP contribution >= 0.6 is 0 Å². The lowest BCUT2D eigenvalue weighted by Crippen LogP contribution is -2.23. The molecule has 0 aliphatic carbocycles. The van der Waals surface area contributed by atoms with Crippen molar-refractivity contribution in [1.82, 2.24) is 0 Å². The van der Waals surface area contributed by atoms with Crippen molar-refractivity contribution in [2.24, 2.45) is 0 Å². The fourth-order valence-corrected chi connectivity index (χ4v) is 0.968. The Kier molecular flexibility index (Phi) is 0.997. The van der Waals surface area contributed by atoms with E-state index in [1.165, 1.54) is 0 Å². The number of hydrogen-bond acceptors (Lipinski definition) is 3. The zero-order valence-corrected chi connectivity index (χ0v) is 4.50. The van der Waals surface area contributed by atoms with Crippen molar-refractivity contribution in [3.8, 4) is 0 Å². The minimum Gasteiger partial charge on any atom is -0.350 e. The maximum atomic E-state index is 5.15. The molecule has 3 nitrogen and oxygen atoms in total. The van der Waals surface area contributed by atoms with Crippen LogP contribution in [0.15, 0.2) is 0 Å². The second kappa shape index (κ2) is 1.69. The van der Waals surface area contributed by atoms with Gasteiger partial charge in [-0.05, 0) is 0 Å². The van der Waals surface area contributed by atoms with Gasteiger partial charge >= 0.3 is 0 Å². The Bertz CT molecular complexity index is 79.7. The molecule has 2 aliphatic rings. The van der Waals surface area contributed by atoms with Crippen molar-refractivity contribution < 1.29 is 14.2 Å². The summed E-state index contributed by atoms with van der Waals surface area (Å²) in [7, 11) is 0. The van der Waals surface area contributed by atoms with Crippen molar-refractivity contribution in [3.63, 3.8) is 0 Å². The van der Waals surface area contributed by atoms with Gasteiger partial charge in [0.25, 0.3) is 0 Å². The van der Waals surface area contributed by atoms with E-state index in [0.717, 1.165) is 13.0 Å². The van der Waals surface area contributed by atoms with Gasteiger partial charge in [0.2, 0.25) is 0 Å². The minimum absolute atomic E-state index is 0.0359. The summed E-state index contributed by atoms with van der Waals surface area (Å²) in [6, 6.07) is 0. The van der Waals surface area contributed by atoms with Crippen LogP contribution in [0.4, 0.5) is 0 Å². The highest BCUT2D eigenvalue weighted by atomic mass is 16.8. The average Bonchev–Trinajstić information content (AvgIpc) is 2.12. The first kappa shape index (κ1) is 4.73. The first-order valence-corrected chi connectivity index (χ1v) is 2.84. The number of fused-ring (bicyclic) bond motifs is 2. The van der Waals surface area contributed by atoms with E-state index in [4.69, 9.17) is 14.2 Å². The quantitative estimate of drug-likeness (QED) is 0.449. The normalized spacial score (nSPS) is 45.0. The summed E-state index contributed by atoms with van der Waals surface area (Å²) in [5.74, 6) is 0. The third-order valence-electron chi connectivity index (χ3n) is 1.38. The topological polar surface area (TPSA) is 27.7 Å². The molecule has 2 rings (SSSR count). The molecule has 0 aromatic heterocycles. The van der Waals surface area contributed by atoms with E-state index in [2.05, 4.69) is 0 Å². The van der Waals surface area contributed by atoms with E-state index >= 15 is 0 Å². The SMILES string of the molecule is C1CC2OCC(O1)O2. The van der Waals surface area contributed by atoms with Crippen molar-refractivity contribution in [3.05, 3.63) is 0 Å². The van der Waals surface area contributed by atoms with Gasteiger partial charge in [0.05, 0.1) is 6.61 Å². The Morgan fingerprint density at radius 3 is 2.88 bits per heavy atom. The second-order valence-electron chi connectivity index (χ2n) is 1.99. The first-order valence-electron chi connectivity index (χ1n) is 2.84. The summed E-state index contributed by atoms with van der Waals surface area (Å²) in [6.07, 6.45) is 0.860. The molecule has 2 aliphatic heterocycles. The summed E-state index contributed by atoms with van der Waals surface area (Å²) in [6.45, 7) is 1.40. The number of ether oxygens (including phenoxy) is 3. The van der Waals surface area contributed by atoms with Crippen LogP contribution in [0, 0.1) is 0 Å². The van der Waals surface area contributed by atoms with Gasteiger partial charge in [0.15, 0.2) is 12.6 Å². The molecular formula is C5H8O3. The van der Waals surface area contributed by atoms with Gasteiger partial charge in [0.1, 0.15) is 6.61 Å². The molecule has 0 spiro atoms. The lowest BCUT2D eigenvalue weighted by atomic mass is 10.4. The molecule has 0 N–H and O–H groups in total. The maximum absolute atomic E-state index is 5.15. The summed E-state index contributed by atoms with van der Waals surface area (Å²) in [4.78, 5) is 0. The lowest BCUT2D eigenvalue weighted by Gasteiger charge is -2.17. The van der Waals surface area contributed by atoms with Crippen LogP contribution in [-0.4, -0.2) is 25.8 Å². The van der Waals surface area contributed by atoms with Crippen LogP contribution in [0.2, 0.25) is 0 Å². The lowest BCUT2D eigenvalue weighted by molar-refractivity contribution is -0.190. The highest BCUT2D eigenvalue weighted by Crippen LogP contribution is 2.20. The molecule has 46 valence electrons. The fraction of sp³-hybridized carbons (Fsp3) is 1.00. The monoisotopic (exact) mass is 116 g/mol. The van der Waals surface area contributed by atoms with Gasteiger partial charge in [-0.3, -0.25) is 0 Å². The highest BCUT2D eigenvalue weighted by Gasteiger charge is 2.30. The third kappa shape index (κ3) is 0.632. The van der Waals surface area contributed by atoms with E-state index in [1.54, 1.807) is 0 Å². The molecule has 0 radical (unpaired) electrons. The minimum atomic E-state index is -0.0613. The average molecular weight is 116 g/mol. The molecule has 8 heavy (non-hydrogen) atoms. The third-order valence-corrected chi connectivity index (χ3v) is 1.38. The Balaban J connectivity index is 2.03. The molecule has 0 aromatic rings. The van der Waals surface area contributed by atoms with Crippen LogP contribution in [0.3, 0.4) is 0 Å². The van der Waals surface area contributed by atoms with Crippen molar-refractivity contribution in [2.45, 2.75) is 19.0 Å². The number of rotatable bonds is 0. The van der Waals surface area contributed by atoms with Crippen LogP contribution in [-0.2, 0) is 14.2 Å². The summed E-state index contributed by atoms with van der Waals surface area (Å²) < 4.78 is 15.4. The predicted octanol–water partition coefficient (Wildman–Crippen LogP) is 0.106. The molecule has 2 atom stereocenters. The summed E-state index contributed by atoms with van der Waals surface area (Å²) >= 11 is 0. The van der Waals surface area contributed by atoms with Gasteiger partial charge in [-0.1, -0.05) is 0 Å². The van der Waals surface area contributed by atoms with Gasteiger partial charge in [-0.2, -0.15) is 0 Å². The first-order chi connectivity index (χ1) is 3.95. The standard InChI is InChI=1S/C5H8O3/c1-2-6-5-3-7-4(1)8-5/h4-5H,1-3H2. The van der Waals surface area contributed by atoms with E-state index in [1.807, 2.05) is 0 Å². The molecule has 2 unspecified atom stereocenters. The molecule has 2 fully saturated rings. The smallest absolute Gasteiger partial charge is 0.184 e. The highest BCUT2D eigenvalue weighted by molar-refractivity contribution is 4.61. The predicted molar refractivity (Wildman–Crippen MR) is 25.2 cm³/mol. The van der Waals surface area contributed by atoms with Gasteiger partial charge in [0, 0.05) is 6.42 Å². The van der Waals surface area contributed by atoms with E-state index in [-0.39, 0.29) is 12.6 Å². The Morgan fingerprint density at radius 2 is 2.12 bits per heavy atom. The van der Waals surface area contributed by atoms with Gasteiger partial charge in [-0.25, -0.2) is 0 Å². The summed E-state index contributed by atoms with van der Waals surface area (Å²) in [5.41, 5.74) is 0. The molecule has 2 heterocycles. The summed E-state index contributed by atoms with van der Waals surface area (Å²) in [5, 5.41) is 0. The molecule has 0 saturated carbocycles. The van der Waals surface area contributed by atoms with E-state index < -0.39 is 0 Å². The molecule has 0 amide bonds.